The first-order valence-corrected chi connectivity index (χ1v) is 8.32. The van der Waals surface area contributed by atoms with Crippen LogP contribution in [0.1, 0.15) is 42.1 Å². The molecule has 2 N–H and O–H groups in total. The summed E-state index contributed by atoms with van der Waals surface area (Å²) in [4.78, 5) is 34.8. The number of rotatable bonds is 6. The summed E-state index contributed by atoms with van der Waals surface area (Å²) >= 11 is 2.24. The van der Waals surface area contributed by atoms with Gasteiger partial charge in [-0.25, -0.2) is 0 Å². The normalized spacial score (nSPS) is 20.4. The van der Waals surface area contributed by atoms with Gasteiger partial charge in [0.1, 0.15) is 11.5 Å². The standard InChI is InChI=1S/C15H17IN2O3/c1-9(19)4-5-15(6-7-16)8-11-10(14(15)20)2-3-12(18-21)13(11)17/h2-3H,4-8,17H2,1H3. The van der Waals surface area contributed by atoms with Crippen LogP contribution in [0.25, 0.3) is 0 Å². The molecular formula is C15H17IN2O3. The molecule has 6 heteroatoms. The van der Waals surface area contributed by atoms with Crippen LogP contribution in [0.3, 0.4) is 0 Å². The number of Topliss-reactive ketones (excluding diaryl/α,β-unsaturated/α-hetero) is 2. The third-order valence-electron chi connectivity index (χ3n) is 4.20. The number of anilines is 1. The molecule has 1 aliphatic rings. The van der Waals surface area contributed by atoms with Gasteiger partial charge in [0, 0.05) is 21.8 Å². The van der Waals surface area contributed by atoms with Gasteiger partial charge in [-0.05, 0) is 49.1 Å². The van der Waals surface area contributed by atoms with E-state index in [1.54, 1.807) is 6.07 Å². The molecule has 0 aromatic heterocycles. The van der Waals surface area contributed by atoms with Crippen LogP contribution in [0.2, 0.25) is 0 Å². The van der Waals surface area contributed by atoms with E-state index in [0.29, 0.717) is 42.5 Å². The number of carbonyl (C=O) groups excluding carboxylic acids is 2. The lowest BCUT2D eigenvalue weighted by Crippen LogP contribution is -2.29. The molecule has 0 radical (unpaired) electrons. The van der Waals surface area contributed by atoms with Crippen molar-refractivity contribution in [1.82, 2.24) is 0 Å². The lowest BCUT2D eigenvalue weighted by Gasteiger charge is -2.26. The number of fused-ring (bicyclic) bond motifs is 1. The van der Waals surface area contributed by atoms with E-state index in [1.165, 1.54) is 13.0 Å². The van der Waals surface area contributed by atoms with Crippen LogP contribution in [-0.2, 0) is 11.2 Å². The van der Waals surface area contributed by atoms with Crippen LogP contribution in [0.5, 0.6) is 0 Å². The van der Waals surface area contributed by atoms with E-state index in [-0.39, 0.29) is 17.3 Å². The Kier molecular flexibility index (Phi) is 4.75. The highest BCUT2D eigenvalue weighted by Gasteiger charge is 2.45. The summed E-state index contributed by atoms with van der Waals surface area (Å²) in [5, 5.41) is 2.90. The SMILES string of the molecule is CC(=O)CCC1(CCI)Cc2c(ccc(N=O)c2N)C1=O. The van der Waals surface area contributed by atoms with Crippen molar-refractivity contribution in [2.45, 2.75) is 32.6 Å². The number of halogens is 1. The Labute approximate surface area is 136 Å². The van der Waals surface area contributed by atoms with Gasteiger partial charge in [-0.1, -0.05) is 22.6 Å². The molecule has 0 amide bonds. The number of ketones is 2. The molecule has 0 spiro atoms. The number of nitrogen functional groups attached to an aromatic ring is 1. The van der Waals surface area contributed by atoms with Crippen molar-refractivity contribution in [3.05, 3.63) is 28.2 Å². The molecular weight excluding hydrogens is 383 g/mol. The van der Waals surface area contributed by atoms with E-state index in [1.807, 2.05) is 0 Å². The highest BCUT2D eigenvalue weighted by Crippen LogP contribution is 2.47. The summed E-state index contributed by atoms with van der Waals surface area (Å²) in [7, 11) is 0. The fraction of sp³-hybridized carbons (Fsp3) is 0.467. The van der Waals surface area contributed by atoms with Crippen molar-refractivity contribution in [2.24, 2.45) is 10.6 Å². The molecule has 1 aromatic carbocycles. The smallest absolute Gasteiger partial charge is 0.169 e. The summed E-state index contributed by atoms with van der Waals surface area (Å²) in [6, 6.07) is 3.12. The Morgan fingerprint density at radius 1 is 1.43 bits per heavy atom. The Hall–Kier alpha value is -1.31. The number of nitrogens with two attached hydrogens (primary N) is 1. The number of alkyl halides is 1. The maximum atomic E-state index is 12.8. The lowest BCUT2D eigenvalue weighted by atomic mass is 9.76. The van der Waals surface area contributed by atoms with E-state index in [9.17, 15) is 14.5 Å². The zero-order chi connectivity index (χ0) is 15.6. The molecule has 0 bridgehead atoms. The first-order chi connectivity index (χ1) is 9.95. The zero-order valence-electron chi connectivity index (χ0n) is 11.8. The van der Waals surface area contributed by atoms with E-state index in [2.05, 4.69) is 27.8 Å². The molecule has 21 heavy (non-hydrogen) atoms. The molecule has 0 saturated heterocycles. The average Bonchev–Trinajstić information content (AvgIpc) is 2.73. The number of carbonyl (C=O) groups is 2. The van der Waals surface area contributed by atoms with Gasteiger partial charge in [0.15, 0.2) is 5.78 Å². The predicted octanol–water partition coefficient (Wildman–Crippen LogP) is 3.59. The highest BCUT2D eigenvalue weighted by atomic mass is 127. The Morgan fingerprint density at radius 3 is 2.71 bits per heavy atom. The summed E-state index contributed by atoms with van der Waals surface area (Å²) < 4.78 is 0.827. The first kappa shape index (κ1) is 16.1. The molecule has 1 aromatic rings. The average molecular weight is 400 g/mol. The predicted molar refractivity (Wildman–Crippen MR) is 90.2 cm³/mol. The quantitative estimate of drug-likeness (QED) is 0.342. The van der Waals surface area contributed by atoms with Crippen LogP contribution in [0.15, 0.2) is 17.3 Å². The largest absolute Gasteiger partial charge is 0.397 e. The summed E-state index contributed by atoms with van der Waals surface area (Å²) in [5.74, 6) is 0.120. The zero-order valence-corrected chi connectivity index (χ0v) is 14.0. The number of nitroso groups, excluding NO2 is 1. The van der Waals surface area contributed by atoms with Gasteiger partial charge in [0.2, 0.25) is 0 Å². The minimum absolute atomic E-state index is 0.0413. The second-order valence-corrected chi connectivity index (χ2v) is 6.62. The van der Waals surface area contributed by atoms with Gasteiger partial charge in [-0.3, -0.25) is 4.79 Å². The van der Waals surface area contributed by atoms with Crippen LogP contribution in [0.4, 0.5) is 11.4 Å². The molecule has 5 nitrogen and oxygen atoms in total. The maximum Gasteiger partial charge on any atom is 0.169 e. The van der Waals surface area contributed by atoms with Crippen molar-refractivity contribution in [1.29, 1.82) is 0 Å². The Morgan fingerprint density at radius 2 is 2.14 bits per heavy atom. The topological polar surface area (TPSA) is 89.6 Å². The number of nitrogens with zero attached hydrogens (tertiary/aromatic N) is 1. The number of hydrogen-bond acceptors (Lipinski definition) is 5. The molecule has 0 fully saturated rings. The maximum absolute atomic E-state index is 12.8. The second kappa shape index (κ2) is 6.21. The van der Waals surface area contributed by atoms with Gasteiger partial charge in [0.25, 0.3) is 0 Å². The second-order valence-electron chi connectivity index (χ2n) is 5.54. The van der Waals surface area contributed by atoms with Crippen LogP contribution < -0.4 is 5.73 Å². The Bertz CT molecular complexity index is 615. The summed E-state index contributed by atoms with van der Waals surface area (Å²) in [5.41, 5.74) is 7.17. The van der Waals surface area contributed by atoms with Gasteiger partial charge < -0.3 is 10.5 Å². The third kappa shape index (κ3) is 2.86. The Balaban J connectivity index is 2.43. The molecule has 1 aliphatic carbocycles. The molecule has 1 atom stereocenters. The van der Waals surface area contributed by atoms with Gasteiger partial charge in [-0.2, -0.15) is 0 Å². The molecule has 0 saturated carbocycles. The molecule has 1 unspecified atom stereocenters. The molecule has 0 heterocycles. The van der Waals surface area contributed by atoms with Gasteiger partial charge >= 0.3 is 0 Å². The number of benzene rings is 1. The summed E-state index contributed by atoms with van der Waals surface area (Å²) in [6.07, 6.45) is 2.11. The van der Waals surface area contributed by atoms with Crippen LogP contribution >= 0.6 is 22.6 Å². The lowest BCUT2D eigenvalue weighted by molar-refractivity contribution is -0.117. The van der Waals surface area contributed by atoms with Crippen molar-refractivity contribution in [3.8, 4) is 0 Å². The van der Waals surface area contributed by atoms with Crippen LogP contribution in [0, 0.1) is 10.3 Å². The van der Waals surface area contributed by atoms with Gasteiger partial charge in [-0.15, -0.1) is 4.91 Å². The van der Waals surface area contributed by atoms with E-state index >= 15 is 0 Å². The molecule has 0 aliphatic heterocycles. The van der Waals surface area contributed by atoms with Crippen molar-refractivity contribution in [2.75, 3.05) is 10.2 Å². The van der Waals surface area contributed by atoms with E-state index < -0.39 is 5.41 Å². The van der Waals surface area contributed by atoms with Gasteiger partial charge in [0.05, 0.1) is 5.69 Å². The molecule has 112 valence electrons. The van der Waals surface area contributed by atoms with E-state index in [4.69, 9.17) is 5.73 Å². The highest BCUT2D eigenvalue weighted by molar-refractivity contribution is 14.1. The monoisotopic (exact) mass is 400 g/mol. The van der Waals surface area contributed by atoms with E-state index in [0.717, 1.165) is 4.43 Å². The van der Waals surface area contributed by atoms with Crippen molar-refractivity contribution < 1.29 is 9.59 Å². The number of hydrogen-bond donors (Lipinski definition) is 1. The van der Waals surface area contributed by atoms with Crippen LogP contribution in [-0.4, -0.2) is 16.0 Å². The summed E-state index contributed by atoms with van der Waals surface area (Å²) in [6.45, 7) is 1.53. The third-order valence-corrected chi connectivity index (χ3v) is 4.74. The fourth-order valence-corrected chi connectivity index (χ4v) is 4.00. The van der Waals surface area contributed by atoms with Crippen molar-refractivity contribution in [3.63, 3.8) is 0 Å². The minimum Gasteiger partial charge on any atom is -0.397 e. The fourth-order valence-electron chi connectivity index (χ4n) is 2.96. The first-order valence-electron chi connectivity index (χ1n) is 6.80. The van der Waals surface area contributed by atoms with Crippen molar-refractivity contribution >= 4 is 45.5 Å². The minimum atomic E-state index is -0.565. The molecule has 2 rings (SSSR count).